The maximum absolute atomic E-state index is 12.5. The quantitative estimate of drug-likeness (QED) is 0.839. The van der Waals surface area contributed by atoms with E-state index in [4.69, 9.17) is 14.2 Å². The molecular weight excluding hydrogens is 332 g/mol. The van der Waals surface area contributed by atoms with E-state index in [0.717, 1.165) is 25.9 Å². The molecule has 0 aliphatic carbocycles. The third-order valence-corrected chi connectivity index (χ3v) is 4.54. The van der Waals surface area contributed by atoms with E-state index in [-0.39, 0.29) is 23.7 Å². The number of methoxy groups -OCH3 is 1. The first-order chi connectivity index (χ1) is 11.2. The molecule has 0 bridgehead atoms. The second-order valence-corrected chi connectivity index (χ2v) is 6.22. The van der Waals surface area contributed by atoms with Gasteiger partial charge < -0.3 is 24.8 Å². The summed E-state index contributed by atoms with van der Waals surface area (Å²) in [7, 11) is 1.71. The zero-order valence-corrected chi connectivity index (χ0v) is 14.7. The minimum absolute atomic E-state index is 0. The Labute approximate surface area is 148 Å². The molecule has 1 amide bonds. The molecule has 2 N–H and O–H groups in total. The average molecular weight is 357 g/mol. The highest BCUT2D eigenvalue weighted by Gasteiger charge is 2.32. The SMILES string of the molecule is COCC1(CNC(=O)c2ccc3c(c2)OCCO3)CCNCC1.Cl. The van der Waals surface area contributed by atoms with E-state index >= 15 is 0 Å². The van der Waals surface area contributed by atoms with Gasteiger partial charge in [0.15, 0.2) is 11.5 Å². The average Bonchev–Trinajstić information content (AvgIpc) is 2.60. The Bertz CT molecular complexity index is 556. The standard InChI is InChI=1S/C17H24N2O4.ClH/c1-21-12-17(4-6-18-7-5-17)11-19-16(20)13-2-3-14-15(10-13)23-9-8-22-14;/h2-3,10,18H,4-9,11-12H2,1H3,(H,19,20);1H. The normalized spacial score (nSPS) is 18.4. The van der Waals surface area contributed by atoms with Crippen molar-refractivity contribution in [2.24, 2.45) is 5.41 Å². The van der Waals surface area contributed by atoms with Crippen LogP contribution in [-0.4, -0.2) is 52.5 Å². The van der Waals surface area contributed by atoms with Crippen LogP contribution in [0.4, 0.5) is 0 Å². The van der Waals surface area contributed by atoms with Crippen LogP contribution in [0.1, 0.15) is 23.2 Å². The van der Waals surface area contributed by atoms with Gasteiger partial charge in [0.2, 0.25) is 0 Å². The first kappa shape index (κ1) is 18.8. The molecule has 2 heterocycles. The number of nitrogens with one attached hydrogen (secondary N) is 2. The van der Waals surface area contributed by atoms with Crippen LogP contribution in [0.25, 0.3) is 0 Å². The molecule has 0 spiro atoms. The molecule has 2 aliphatic heterocycles. The van der Waals surface area contributed by atoms with Crippen molar-refractivity contribution in [3.05, 3.63) is 23.8 Å². The Hall–Kier alpha value is -1.50. The summed E-state index contributed by atoms with van der Waals surface area (Å²) in [5.74, 6) is 1.25. The maximum atomic E-state index is 12.5. The number of ether oxygens (including phenoxy) is 3. The fourth-order valence-electron chi connectivity index (χ4n) is 3.19. The molecule has 134 valence electrons. The Morgan fingerprint density at radius 3 is 2.67 bits per heavy atom. The summed E-state index contributed by atoms with van der Waals surface area (Å²) >= 11 is 0. The number of piperidine rings is 1. The molecule has 0 unspecified atom stereocenters. The van der Waals surface area contributed by atoms with Crippen LogP contribution in [0.3, 0.4) is 0 Å². The van der Waals surface area contributed by atoms with Crippen LogP contribution in [0.15, 0.2) is 18.2 Å². The Morgan fingerprint density at radius 2 is 1.96 bits per heavy atom. The van der Waals surface area contributed by atoms with E-state index < -0.39 is 0 Å². The number of hydrogen-bond acceptors (Lipinski definition) is 5. The summed E-state index contributed by atoms with van der Waals surface area (Å²) in [6.07, 6.45) is 2.00. The van der Waals surface area contributed by atoms with E-state index in [1.54, 1.807) is 25.3 Å². The van der Waals surface area contributed by atoms with Gasteiger partial charge in [-0.05, 0) is 44.1 Å². The van der Waals surface area contributed by atoms with Crippen molar-refractivity contribution in [3.8, 4) is 11.5 Å². The summed E-state index contributed by atoms with van der Waals surface area (Å²) in [5.41, 5.74) is 0.611. The first-order valence-corrected chi connectivity index (χ1v) is 8.10. The van der Waals surface area contributed by atoms with Crippen LogP contribution >= 0.6 is 12.4 Å². The molecule has 2 aliphatic rings. The number of amides is 1. The van der Waals surface area contributed by atoms with Crippen molar-refractivity contribution in [2.75, 3.05) is 46.6 Å². The smallest absolute Gasteiger partial charge is 0.251 e. The van der Waals surface area contributed by atoms with Gasteiger partial charge in [-0.1, -0.05) is 0 Å². The van der Waals surface area contributed by atoms with Gasteiger partial charge in [0.25, 0.3) is 5.91 Å². The van der Waals surface area contributed by atoms with Crippen LogP contribution < -0.4 is 20.1 Å². The van der Waals surface area contributed by atoms with E-state index in [1.165, 1.54) is 0 Å². The number of fused-ring (bicyclic) bond motifs is 1. The second kappa shape index (κ2) is 8.55. The number of rotatable bonds is 5. The lowest BCUT2D eigenvalue weighted by Gasteiger charge is -2.37. The zero-order valence-electron chi connectivity index (χ0n) is 13.9. The van der Waals surface area contributed by atoms with Gasteiger partial charge in [0.1, 0.15) is 13.2 Å². The largest absolute Gasteiger partial charge is 0.486 e. The van der Waals surface area contributed by atoms with Gasteiger partial charge in [0, 0.05) is 24.6 Å². The zero-order chi connectivity index (χ0) is 16.1. The van der Waals surface area contributed by atoms with E-state index in [0.29, 0.717) is 43.4 Å². The molecule has 1 aromatic rings. The molecule has 3 rings (SSSR count). The number of benzene rings is 1. The highest BCUT2D eigenvalue weighted by molar-refractivity contribution is 5.94. The molecule has 7 heteroatoms. The van der Waals surface area contributed by atoms with Crippen molar-refractivity contribution in [1.82, 2.24) is 10.6 Å². The molecule has 0 saturated carbocycles. The molecular formula is C17H25ClN2O4. The lowest BCUT2D eigenvalue weighted by atomic mass is 9.79. The minimum Gasteiger partial charge on any atom is -0.486 e. The summed E-state index contributed by atoms with van der Waals surface area (Å²) in [4.78, 5) is 12.5. The molecule has 6 nitrogen and oxygen atoms in total. The summed E-state index contributed by atoms with van der Waals surface area (Å²) in [5, 5.41) is 6.41. The Morgan fingerprint density at radius 1 is 1.25 bits per heavy atom. The van der Waals surface area contributed by atoms with Crippen molar-refractivity contribution in [2.45, 2.75) is 12.8 Å². The number of halogens is 1. The van der Waals surface area contributed by atoms with E-state index in [2.05, 4.69) is 10.6 Å². The molecule has 0 atom stereocenters. The van der Waals surface area contributed by atoms with Crippen molar-refractivity contribution in [1.29, 1.82) is 0 Å². The van der Waals surface area contributed by atoms with Gasteiger partial charge in [-0.15, -0.1) is 12.4 Å². The summed E-state index contributed by atoms with van der Waals surface area (Å²) < 4.78 is 16.4. The third kappa shape index (κ3) is 4.32. The van der Waals surface area contributed by atoms with Crippen LogP contribution in [0, 0.1) is 5.41 Å². The minimum atomic E-state index is -0.0871. The van der Waals surface area contributed by atoms with Crippen LogP contribution in [0.2, 0.25) is 0 Å². The second-order valence-electron chi connectivity index (χ2n) is 6.22. The summed E-state index contributed by atoms with van der Waals surface area (Å²) in [6, 6.07) is 5.31. The van der Waals surface area contributed by atoms with Crippen molar-refractivity contribution in [3.63, 3.8) is 0 Å². The Balaban J connectivity index is 0.00000208. The van der Waals surface area contributed by atoms with E-state index in [1.807, 2.05) is 0 Å². The van der Waals surface area contributed by atoms with Crippen LogP contribution in [0.5, 0.6) is 11.5 Å². The highest BCUT2D eigenvalue weighted by atomic mass is 35.5. The molecule has 0 aromatic heterocycles. The van der Waals surface area contributed by atoms with Gasteiger partial charge in [0.05, 0.1) is 6.61 Å². The lowest BCUT2D eigenvalue weighted by Crippen LogP contribution is -2.47. The monoisotopic (exact) mass is 356 g/mol. The summed E-state index contributed by atoms with van der Waals surface area (Å²) in [6.45, 7) is 4.27. The molecule has 24 heavy (non-hydrogen) atoms. The molecule has 1 fully saturated rings. The van der Waals surface area contributed by atoms with E-state index in [9.17, 15) is 4.79 Å². The number of carbonyl (C=O) groups excluding carboxylic acids is 1. The third-order valence-electron chi connectivity index (χ3n) is 4.54. The van der Waals surface area contributed by atoms with Crippen molar-refractivity contribution < 1.29 is 19.0 Å². The highest BCUT2D eigenvalue weighted by Crippen LogP contribution is 2.31. The number of carbonyl (C=O) groups is 1. The molecule has 1 saturated heterocycles. The van der Waals surface area contributed by atoms with Gasteiger partial charge >= 0.3 is 0 Å². The molecule has 0 radical (unpaired) electrons. The van der Waals surface area contributed by atoms with Gasteiger partial charge in [-0.25, -0.2) is 0 Å². The fraction of sp³-hybridized carbons (Fsp3) is 0.588. The van der Waals surface area contributed by atoms with Crippen LogP contribution in [-0.2, 0) is 4.74 Å². The van der Waals surface area contributed by atoms with Crippen molar-refractivity contribution >= 4 is 18.3 Å². The Kier molecular flexibility index (Phi) is 6.71. The number of hydrogen-bond donors (Lipinski definition) is 2. The van der Waals surface area contributed by atoms with Gasteiger partial charge in [-0.3, -0.25) is 4.79 Å². The maximum Gasteiger partial charge on any atom is 0.251 e. The van der Waals surface area contributed by atoms with Gasteiger partial charge in [-0.2, -0.15) is 0 Å². The topological polar surface area (TPSA) is 68.8 Å². The predicted octanol–water partition coefficient (Wildman–Crippen LogP) is 1.63. The first-order valence-electron chi connectivity index (χ1n) is 8.10. The lowest BCUT2D eigenvalue weighted by molar-refractivity contribution is 0.0511. The molecule has 1 aromatic carbocycles. The fourth-order valence-corrected chi connectivity index (χ4v) is 3.19. The predicted molar refractivity (Wildman–Crippen MR) is 93.4 cm³/mol.